The molecule has 13 heteroatoms. The van der Waals surface area contributed by atoms with Crippen LogP contribution in [-0.4, -0.2) is 74.0 Å². The second-order valence-electron chi connectivity index (χ2n) is 12.2. The van der Waals surface area contributed by atoms with Crippen molar-refractivity contribution < 1.29 is 14.4 Å². The first kappa shape index (κ1) is 30.0. The second-order valence-corrected chi connectivity index (χ2v) is 13.2. The highest BCUT2D eigenvalue weighted by Gasteiger charge is 2.52. The molecule has 238 valence electrons. The average molecular weight is 640 g/mol. The lowest BCUT2D eigenvalue weighted by molar-refractivity contribution is -0.158. The number of aromatic nitrogens is 1. The van der Waals surface area contributed by atoms with Crippen LogP contribution in [0.25, 0.3) is 10.2 Å². The van der Waals surface area contributed by atoms with E-state index in [2.05, 4.69) is 27.2 Å². The molecule has 0 unspecified atom stereocenters. The van der Waals surface area contributed by atoms with Crippen LogP contribution in [0.3, 0.4) is 0 Å². The van der Waals surface area contributed by atoms with Crippen LogP contribution in [0.5, 0.6) is 0 Å². The van der Waals surface area contributed by atoms with E-state index in [4.69, 9.17) is 5.73 Å². The molecule has 0 radical (unpaired) electrons. The topological polar surface area (TPSA) is 139 Å². The number of carbonyl (C=O) groups is 3. The molecule has 0 saturated carbocycles. The van der Waals surface area contributed by atoms with Crippen LogP contribution < -0.4 is 21.9 Å². The number of hydrogen-bond donors (Lipinski definition) is 4. The number of hydrazine groups is 2. The molecule has 2 saturated heterocycles. The zero-order chi connectivity index (χ0) is 31.9. The lowest BCUT2D eigenvalue weighted by atomic mass is 9.98. The van der Waals surface area contributed by atoms with Gasteiger partial charge in [0, 0.05) is 32.1 Å². The normalized spacial score (nSPS) is 19.5. The van der Waals surface area contributed by atoms with Crippen LogP contribution in [0.15, 0.2) is 66.7 Å². The highest BCUT2D eigenvalue weighted by Crippen LogP contribution is 2.33. The van der Waals surface area contributed by atoms with Gasteiger partial charge in [0.25, 0.3) is 0 Å². The maximum absolute atomic E-state index is 14.4. The number of rotatable bonds is 8. The smallest absolute Gasteiger partial charge is 0.332 e. The number of benzene rings is 3. The number of para-hydroxylation sites is 1. The molecule has 4 aromatic rings. The Morgan fingerprint density at radius 1 is 1.11 bits per heavy atom. The predicted molar refractivity (Wildman–Crippen MR) is 177 cm³/mol. The molecular weight excluding hydrogens is 602 g/mol. The quantitative estimate of drug-likeness (QED) is 0.231. The third-order valence-electron chi connectivity index (χ3n) is 8.81. The van der Waals surface area contributed by atoms with E-state index in [1.807, 2.05) is 79.5 Å². The lowest BCUT2D eigenvalue weighted by Gasteiger charge is -2.47. The maximum Gasteiger partial charge on any atom is 0.332 e. The highest BCUT2D eigenvalue weighted by atomic mass is 32.1. The lowest BCUT2D eigenvalue weighted by Crippen LogP contribution is -2.66. The molecule has 3 aliphatic rings. The summed E-state index contributed by atoms with van der Waals surface area (Å²) < 4.78 is 0.955. The minimum absolute atomic E-state index is 0.00451. The summed E-state index contributed by atoms with van der Waals surface area (Å²) in [6, 6.07) is 20.4. The van der Waals surface area contributed by atoms with Crippen LogP contribution in [0.1, 0.15) is 36.1 Å². The molecule has 46 heavy (non-hydrogen) atoms. The number of carbonyl (C=O) groups excluding carboxylic acids is 3. The molecule has 12 nitrogen and oxygen atoms in total. The van der Waals surface area contributed by atoms with Gasteiger partial charge < -0.3 is 26.3 Å². The van der Waals surface area contributed by atoms with Gasteiger partial charge in [-0.15, -0.1) is 0 Å². The number of nitrogens with one attached hydrogen (secondary N) is 3. The fourth-order valence-electron chi connectivity index (χ4n) is 6.72. The van der Waals surface area contributed by atoms with Gasteiger partial charge in [-0.1, -0.05) is 65.9 Å². The van der Waals surface area contributed by atoms with E-state index in [0.717, 1.165) is 38.2 Å². The molecule has 3 aliphatic heterocycles. The van der Waals surface area contributed by atoms with Crippen molar-refractivity contribution in [3.63, 3.8) is 0 Å². The van der Waals surface area contributed by atoms with Crippen LogP contribution >= 0.6 is 11.3 Å². The first-order valence-electron chi connectivity index (χ1n) is 15.5. The molecule has 2 atom stereocenters. The van der Waals surface area contributed by atoms with E-state index >= 15 is 0 Å². The monoisotopic (exact) mass is 639 g/mol. The van der Waals surface area contributed by atoms with Gasteiger partial charge in [-0.2, -0.15) is 5.01 Å². The number of piperazine rings is 1. The predicted octanol–water partition coefficient (Wildman–Crippen LogP) is 3.27. The first-order valence-corrected chi connectivity index (χ1v) is 16.3. The largest absolute Gasteiger partial charge is 0.375 e. The van der Waals surface area contributed by atoms with Crippen molar-refractivity contribution in [3.8, 4) is 0 Å². The molecule has 1 aromatic heterocycles. The minimum atomic E-state index is -0.738. The fraction of sp³-hybridized carbons (Fsp3) is 0.333. The van der Waals surface area contributed by atoms with E-state index in [1.165, 1.54) is 11.3 Å². The number of anilines is 2. The Kier molecular flexibility index (Phi) is 7.97. The van der Waals surface area contributed by atoms with Gasteiger partial charge in [0.05, 0.1) is 29.0 Å². The van der Waals surface area contributed by atoms with Gasteiger partial charge in [-0.05, 0) is 48.2 Å². The fourth-order valence-corrected chi connectivity index (χ4v) is 7.50. The zero-order valence-corrected chi connectivity index (χ0v) is 26.6. The van der Waals surface area contributed by atoms with Crippen molar-refractivity contribution in [2.45, 2.75) is 58.2 Å². The SMILES string of the molecule is CC(C)N(C(=O)NCc1ccccc1)N1CC(=O)N2[C@@H](Cc3ccc4c(c3)CNN4)C(=O)N(Cc3cccc4sc(N)nc34)C[C@@H]21. The van der Waals surface area contributed by atoms with Crippen molar-refractivity contribution in [2.24, 2.45) is 0 Å². The van der Waals surface area contributed by atoms with E-state index in [9.17, 15) is 14.4 Å². The van der Waals surface area contributed by atoms with Gasteiger partial charge in [0.1, 0.15) is 12.2 Å². The highest BCUT2D eigenvalue weighted by molar-refractivity contribution is 7.22. The van der Waals surface area contributed by atoms with Gasteiger partial charge >= 0.3 is 6.03 Å². The molecule has 0 aliphatic carbocycles. The Morgan fingerprint density at radius 3 is 2.74 bits per heavy atom. The number of amides is 4. The molecule has 7 rings (SSSR count). The second kappa shape index (κ2) is 12.2. The zero-order valence-electron chi connectivity index (χ0n) is 25.8. The average Bonchev–Trinajstić information content (AvgIpc) is 3.75. The Morgan fingerprint density at radius 2 is 1.93 bits per heavy atom. The summed E-state index contributed by atoms with van der Waals surface area (Å²) in [5, 5.41) is 6.96. The third-order valence-corrected chi connectivity index (χ3v) is 9.66. The standard InChI is InChI=1S/C33H37N9O3S/c1-20(2)42(33(45)35-15-21-7-4-3-5-8-21)40-19-29(43)41-26(14-22-11-12-25-24(13-22)16-36-38-25)31(44)39(18-28(40)41)17-23-9-6-10-27-30(23)37-32(34)46-27/h3-13,20,26,28,36,38H,14-19H2,1-2H3,(H2,34,37)(H,35,45)/t26-,28+/m0/s1. The summed E-state index contributed by atoms with van der Waals surface area (Å²) in [5.41, 5.74) is 18.0. The van der Waals surface area contributed by atoms with Gasteiger partial charge in [0.15, 0.2) is 5.13 Å². The van der Waals surface area contributed by atoms with Crippen molar-refractivity contribution >= 4 is 50.2 Å². The summed E-state index contributed by atoms with van der Waals surface area (Å²) in [6.45, 7) is 5.43. The van der Waals surface area contributed by atoms with E-state index in [0.29, 0.717) is 31.2 Å². The molecule has 3 aromatic carbocycles. The number of nitrogens with two attached hydrogens (primary N) is 1. The van der Waals surface area contributed by atoms with Crippen LogP contribution in [0.2, 0.25) is 0 Å². The molecule has 4 amide bonds. The number of urea groups is 1. The molecular formula is C33H37N9O3S. The van der Waals surface area contributed by atoms with E-state index < -0.39 is 12.2 Å². The number of nitrogens with zero attached hydrogens (tertiary/aromatic N) is 5. The number of hydrogen-bond acceptors (Lipinski definition) is 9. The van der Waals surface area contributed by atoms with E-state index in [1.54, 1.807) is 14.8 Å². The first-order chi connectivity index (χ1) is 22.3. The summed E-state index contributed by atoms with van der Waals surface area (Å²) in [5.74, 6) is -0.309. The van der Waals surface area contributed by atoms with Crippen molar-refractivity contribution in [3.05, 3.63) is 89.0 Å². The molecule has 4 heterocycles. The Labute approximate surface area is 271 Å². The van der Waals surface area contributed by atoms with E-state index in [-0.39, 0.29) is 37.0 Å². The summed E-state index contributed by atoms with van der Waals surface area (Å²) >= 11 is 1.41. The summed E-state index contributed by atoms with van der Waals surface area (Å²) in [6.07, 6.45) is -0.174. The summed E-state index contributed by atoms with van der Waals surface area (Å²) in [4.78, 5) is 50.0. The number of thiazole rings is 1. The molecule has 0 spiro atoms. The van der Waals surface area contributed by atoms with Crippen LogP contribution in [-0.2, 0) is 35.6 Å². The van der Waals surface area contributed by atoms with Crippen molar-refractivity contribution in [1.82, 2.24) is 35.5 Å². The number of fused-ring (bicyclic) bond motifs is 3. The van der Waals surface area contributed by atoms with Gasteiger partial charge in [-0.25, -0.2) is 15.2 Å². The Hall–Kier alpha value is -4.72. The minimum Gasteiger partial charge on any atom is -0.375 e. The van der Waals surface area contributed by atoms with Gasteiger partial charge in [-0.3, -0.25) is 14.6 Å². The summed E-state index contributed by atoms with van der Waals surface area (Å²) in [7, 11) is 0. The third kappa shape index (κ3) is 5.61. The van der Waals surface area contributed by atoms with Crippen LogP contribution in [0, 0.1) is 0 Å². The van der Waals surface area contributed by atoms with Crippen LogP contribution in [0.4, 0.5) is 15.6 Å². The molecule has 5 N–H and O–H groups in total. The van der Waals surface area contributed by atoms with Gasteiger partial charge in [0.2, 0.25) is 11.8 Å². The molecule has 2 fully saturated rings. The Bertz CT molecular complexity index is 1800. The van der Waals surface area contributed by atoms with Crippen molar-refractivity contribution in [2.75, 3.05) is 24.2 Å². The maximum atomic E-state index is 14.4. The molecule has 0 bridgehead atoms. The Balaban J connectivity index is 1.21. The number of nitrogen functional groups attached to an aromatic ring is 1. The van der Waals surface area contributed by atoms with Crippen molar-refractivity contribution in [1.29, 1.82) is 0 Å².